The molecule has 1 unspecified atom stereocenters. The Kier molecular flexibility index (Phi) is 4.82. The van der Waals surface area contributed by atoms with E-state index in [0.29, 0.717) is 13.0 Å². The molecule has 3 rings (SSSR count). The van der Waals surface area contributed by atoms with Crippen molar-refractivity contribution in [1.29, 1.82) is 0 Å². The predicted molar refractivity (Wildman–Crippen MR) is 98.0 cm³/mol. The van der Waals surface area contributed by atoms with Gasteiger partial charge in [-0.2, -0.15) is 0 Å². The molecule has 0 aliphatic carbocycles. The molecule has 4 heteroatoms. The van der Waals surface area contributed by atoms with E-state index in [0.717, 1.165) is 17.1 Å². The highest BCUT2D eigenvalue weighted by Crippen LogP contribution is 2.29. The maximum absolute atomic E-state index is 11.7. The zero-order chi connectivity index (χ0) is 18.0. The van der Waals surface area contributed by atoms with E-state index in [4.69, 9.17) is 9.47 Å². The molecular formula is C21H25NO3. The number of ether oxygens (including phenoxy) is 2. The highest BCUT2D eigenvalue weighted by Gasteiger charge is 2.25. The summed E-state index contributed by atoms with van der Waals surface area (Å²) in [6, 6.07) is 13.9. The summed E-state index contributed by atoms with van der Waals surface area (Å²) in [6.07, 6.45) is 0.613. The van der Waals surface area contributed by atoms with Crippen molar-refractivity contribution in [3.05, 3.63) is 59.2 Å². The van der Waals surface area contributed by atoms with E-state index in [1.54, 1.807) is 0 Å². The molecule has 25 heavy (non-hydrogen) atoms. The first-order valence-electron chi connectivity index (χ1n) is 8.58. The summed E-state index contributed by atoms with van der Waals surface area (Å²) in [6.45, 7) is 7.24. The number of carbonyl (C=O) groups is 1. The molecule has 2 aromatic carbocycles. The lowest BCUT2D eigenvalue weighted by Crippen LogP contribution is -2.42. The molecular weight excluding hydrogens is 314 g/mol. The number of hydrogen-bond donors (Lipinski definition) is 1. The molecule has 1 atom stereocenters. The van der Waals surface area contributed by atoms with E-state index in [2.05, 4.69) is 44.3 Å². The van der Waals surface area contributed by atoms with Gasteiger partial charge in [-0.25, -0.2) is 0 Å². The van der Waals surface area contributed by atoms with Gasteiger partial charge < -0.3 is 14.8 Å². The number of nitrogens with one attached hydrogen (secondary N) is 1. The minimum Gasteiger partial charge on any atom is -0.468 e. The third-order valence-electron chi connectivity index (χ3n) is 4.58. The molecule has 2 aromatic rings. The van der Waals surface area contributed by atoms with Crippen LogP contribution in [0.25, 0.3) is 0 Å². The van der Waals surface area contributed by atoms with Gasteiger partial charge >= 0.3 is 5.97 Å². The van der Waals surface area contributed by atoms with Crippen LogP contribution in [0.15, 0.2) is 42.5 Å². The van der Waals surface area contributed by atoms with Crippen LogP contribution in [-0.2, 0) is 27.9 Å². The lowest BCUT2D eigenvalue weighted by Gasteiger charge is -2.24. The van der Waals surface area contributed by atoms with Gasteiger partial charge in [0.1, 0.15) is 17.5 Å². The Balaban J connectivity index is 1.75. The van der Waals surface area contributed by atoms with Crippen molar-refractivity contribution in [3.8, 4) is 11.5 Å². The van der Waals surface area contributed by atoms with Crippen molar-refractivity contribution in [2.75, 3.05) is 7.11 Å². The molecule has 0 radical (unpaired) electrons. The van der Waals surface area contributed by atoms with Crippen molar-refractivity contribution in [3.63, 3.8) is 0 Å². The van der Waals surface area contributed by atoms with Crippen LogP contribution < -0.4 is 10.1 Å². The van der Waals surface area contributed by atoms with Crippen LogP contribution in [0.5, 0.6) is 11.5 Å². The van der Waals surface area contributed by atoms with Gasteiger partial charge in [-0.1, -0.05) is 39.0 Å². The van der Waals surface area contributed by atoms with Crippen LogP contribution in [0.2, 0.25) is 0 Å². The maximum atomic E-state index is 11.7. The molecule has 0 amide bonds. The fourth-order valence-corrected chi connectivity index (χ4v) is 3.02. The highest BCUT2D eigenvalue weighted by atomic mass is 16.5. The number of methoxy groups -OCH3 is 1. The molecule has 0 bridgehead atoms. The van der Waals surface area contributed by atoms with Crippen molar-refractivity contribution in [2.45, 2.75) is 45.2 Å². The van der Waals surface area contributed by atoms with Gasteiger partial charge in [-0.3, -0.25) is 4.79 Å². The van der Waals surface area contributed by atoms with Gasteiger partial charge in [0.05, 0.1) is 7.11 Å². The molecule has 0 saturated heterocycles. The van der Waals surface area contributed by atoms with Gasteiger partial charge in [0.15, 0.2) is 0 Å². The number of benzene rings is 2. The molecule has 0 aromatic heterocycles. The second-order valence-electron chi connectivity index (χ2n) is 7.47. The summed E-state index contributed by atoms with van der Waals surface area (Å²) >= 11 is 0. The average Bonchev–Trinajstić information content (AvgIpc) is 2.60. The lowest BCUT2D eigenvalue weighted by molar-refractivity contribution is -0.143. The largest absolute Gasteiger partial charge is 0.468 e. The Hall–Kier alpha value is -2.33. The van der Waals surface area contributed by atoms with Crippen molar-refractivity contribution >= 4 is 5.97 Å². The molecule has 1 heterocycles. The summed E-state index contributed by atoms with van der Waals surface area (Å²) < 4.78 is 10.8. The fraction of sp³-hybridized carbons (Fsp3) is 0.381. The first-order valence-corrected chi connectivity index (χ1v) is 8.58. The molecule has 4 nitrogen and oxygen atoms in total. The van der Waals surface area contributed by atoms with Crippen LogP contribution in [-0.4, -0.2) is 19.1 Å². The second kappa shape index (κ2) is 6.89. The minimum absolute atomic E-state index is 0.125. The van der Waals surface area contributed by atoms with E-state index in [1.807, 2.05) is 24.3 Å². The van der Waals surface area contributed by atoms with Gasteiger partial charge in [-0.15, -0.1) is 0 Å². The van der Waals surface area contributed by atoms with Crippen LogP contribution >= 0.6 is 0 Å². The lowest BCUT2D eigenvalue weighted by atomic mass is 9.87. The Morgan fingerprint density at radius 3 is 2.36 bits per heavy atom. The first kappa shape index (κ1) is 17.5. The standard InChI is InChI=1S/C21H25NO3/c1-21(2,3)16-6-9-17(10-7-16)25-18-8-5-14-13-22-19(20(23)24-4)12-15(14)11-18/h5-11,19,22H,12-13H2,1-4H3. The highest BCUT2D eigenvalue weighted by molar-refractivity contribution is 5.76. The van der Waals surface area contributed by atoms with E-state index in [-0.39, 0.29) is 17.4 Å². The van der Waals surface area contributed by atoms with Gasteiger partial charge in [0.2, 0.25) is 0 Å². The van der Waals surface area contributed by atoms with Crippen molar-refractivity contribution in [1.82, 2.24) is 5.32 Å². The monoisotopic (exact) mass is 339 g/mol. The predicted octanol–water partition coefficient (Wildman–Crippen LogP) is 3.96. The molecule has 0 spiro atoms. The normalized spacial score (nSPS) is 16.9. The van der Waals surface area contributed by atoms with Crippen molar-refractivity contribution < 1.29 is 14.3 Å². The number of hydrogen-bond acceptors (Lipinski definition) is 4. The molecule has 1 N–H and O–H groups in total. The summed E-state index contributed by atoms with van der Waals surface area (Å²) in [5.74, 6) is 1.37. The minimum atomic E-state index is -0.293. The number of carbonyl (C=O) groups excluding carboxylic acids is 1. The van der Waals surface area contributed by atoms with E-state index >= 15 is 0 Å². The molecule has 1 aliphatic rings. The van der Waals surface area contributed by atoms with E-state index < -0.39 is 0 Å². The number of fused-ring (bicyclic) bond motifs is 1. The SMILES string of the molecule is COC(=O)C1Cc2cc(Oc3ccc(C(C)(C)C)cc3)ccc2CN1. The molecule has 132 valence electrons. The summed E-state index contributed by atoms with van der Waals surface area (Å²) in [5.41, 5.74) is 3.71. The Morgan fingerprint density at radius 1 is 1.04 bits per heavy atom. The molecule has 0 fully saturated rings. The first-order chi connectivity index (χ1) is 11.9. The summed E-state index contributed by atoms with van der Waals surface area (Å²) in [7, 11) is 1.42. The zero-order valence-electron chi connectivity index (χ0n) is 15.3. The summed E-state index contributed by atoms with van der Waals surface area (Å²) in [4.78, 5) is 11.7. The third-order valence-corrected chi connectivity index (χ3v) is 4.58. The quantitative estimate of drug-likeness (QED) is 0.860. The molecule has 1 aliphatic heterocycles. The Morgan fingerprint density at radius 2 is 1.72 bits per heavy atom. The van der Waals surface area contributed by atoms with Gasteiger partial charge in [-0.05, 0) is 52.8 Å². The molecule has 0 saturated carbocycles. The van der Waals surface area contributed by atoms with Crippen LogP contribution in [0.1, 0.15) is 37.5 Å². The van der Waals surface area contributed by atoms with Crippen molar-refractivity contribution in [2.24, 2.45) is 0 Å². The Bertz CT molecular complexity index is 760. The summed E-state index contributed by atoms with van der Waals surface area (Å²) in [5, 5.41) is 3.20. The van der Waals surface area contributed by atoms with Gasteiger partial charge in [0, 0.05) is 6.54 Å². The average molecular weight is 339 g/mol. The zero-order valence-corrected chi connectivity index (χ0v) is 15.3. The second-order valence-corrected chi connectivity index (χ2v) is 7.47. The Labute approximate surface area is 149 Å². The fourth-order valence-electron chi connectivity index (χ4n) is 3.02. The van der Waals surface area contributed by atoms with E-state index in [9.17, 15) is 4.79 Å². The smallest absolute Gasteiger partial charge is 0.323 e. The van der Waals surface area contributed by atoms with E-state index in [1.165, 1.54) is 18.2 Å². The van der Waals surface area contributed by atoms with Crippen LogP contribution in [0.3, 0.4) is 0 Å². The topological polar surface area (TPSA) is 47.6 Å². The number of esters is 1. The third kappa shape index (κ3) is 4.02. The van der Waals surface area contributed by atoms with Gasteiger partial charge in [0.25, 0.3) is 0 Å². The van der Waals surface area contributed by atoms with Crippen LogP contribution in [0, 0.1) is 0 Å². The number of rotatable bonds is 3. The van der Waals surface area contributed by atoms with Crippen LogP contribution in [0.4, 0.5) is 0 Å². The maximum Gasteiger partial charge on any atom is 0.323 e.